The number of carbonyl (C=O) groups is 1. The van der Waals surface area contributed by atoms with E-state index in [9.17, 15) is 4.79 Å². The fourth-order valence-electron chi connectivity index (χ4n) is 4.24. The van der Waals surface area contributed by atoms with Gasteiger partial charge in [-0.3, -0.25) is 4.79 Å². The van der Waals surface area contributed by atoms with E-state index in [1.54, 1.807) is 26.4 Å². The van der Waals surface area contributed by atoms with Crippen molar-refractivity contribution in [3.63, 3.8) is 0 Å². The van der Waals surface area contributed by atoms with Crippen molar-refractivity contribution in [3.05, 3.63) is 81.9 Å². The molecule has 0 radical (unpaired) electrons. The molecule has 3 aromatic rings. The average molecular weight is 463 g/mol. The van der Waals surface area contributed by atoms with Crippen LogP contribution < -0.4 is 20.1 Å². The van der Waals surface area contributed by atoms with Crippen LogP contribution in [0.5, 0.6) is 11.5 Å². The summed E-state index contributed by atoms with van der Waals surface area (Å²) in [6.45, 7) is 1.16. The predicted molar refractivity (Wildman–Crippen MR) is 130 cm³/mol. The molecule has 33 heavy (non-hydrogen) atoms. The normalized spacial score (nSPS) is 16.0. The van der Waals surface area contributed by atoms with Crippen molar-refractivity contribution in [2.45, 2.75) is 13.0 Å². The summed E-state index contributed by atoms with van der Waals surface area (Å²) in [5, 5.41) is 6.93. The van der Waals surface area contributed by atoms with E-state index >= 15 is 0 Å². The molecule has 1 amide bonds. The molecule has 5 rings (SSSR count). The van der Waals surface area contributed by atoms with Gasteiger partial charge in [-0.1, -0.05) is 17.7 Å². The first-order chi connectivity index (χ1) is 16.1. The molecule has 6 nitrogen and oxygen atoms in total. The lowest BCUT2D eigenvalue weighted by molar-refractivity contribution is -0.110. The Bertz CT molecular complexity index is 1290. The van der Waals surface area contributed by atoms with Crippen molar-refractivity contribution in [1.29, 1.82) is 0 Å². The van der Waals surface area contributed by atoms with E-state index in [1.807, 2.05) is 36.4 Å². The van der Waals surface area contributed by atoms with E-state index in [2.05, 4.69) is 16.7 Å². The van der Waals surface area contributed by atoms with E-state index < -0.39 is 0 Å². The van der Waals surface area contributed by atoms with E-state index in [1.165, 1.54) is 0 Å². The first-order valence-electron chi connectivity index (χ1n) is 10.6. The number of amides is 1. The lowest BCUT2D eigenvalue weighted by atomic mass is 10.00. The Morgan fingerprint density at radius 3 is 2.73 bits per heavy atom. The van der Waals surface area contributed by atoms with E-state index in [4.69, 9.17) is 25.8 Å². The predicted octanol–water partition coefficient (Wildman–Crippen LogP) is 5.36. The fourth-order valence-corrected chi connectivity index (χ4v) is 4.42. The summed E-state index contributed by atoms with van der Waals surface area (Å²) in [7, 11) is 3.30. The maximum absolute atomic E-state index is 12.7. The van der Waals surface area contributed by atoms with Gasteiger partial charge in [0.25, 0.3) is 5.91 Å². The second-order valence-electron chi connectivity index (χ2n) is 7.86. The van der Waals surface area contributed by atoms with Crippen LogP contribution in [0.15, 0.2) is 54.6 Å². The number of halogens is 1. The van der Waals surface area contributed by atoms with E-state index in [0.29, 0.717) is 23.0 Å². The topological polar surface area (TPSA) is 68.8 Å². The van der Waals surface area contributed by atoms with Crippen molar-refractivity contribution >= 4 is 40.2 Å². The molecule has 0 saturated carbocycles. The molecule has 168 valence electrons. The van der Waals surface area contributed by atoms with Crippen molar-refractivity contribution in [2.75, 3.05) is 31.4 Å². The summed E-state index contributed by atoms with van der Waals surface area (Å²) < 4.78 is 16.7. The number of hydrogen-bond acceptors (Lipinski definition) is 5. The van der Waals surface area contributed by atoms with Gasteiger partial charge in [-0.2, -0.15) is 0 Å². The summed E-state index contributed by atoms with van der Waals surface area (Å²) in [5.41, 5.74) is 6.10. The summed E-state index contributed by atoms with van der Waals surface area (Å²) in [4.78, 5) is 12.7. The first-order valence-corrected chi connectivity index (χ1v) is 11.0. The van der Waals surface area contributed by atoms with Gasteiger partial charge in [0.2, 0.25) is 0 Å². The molecule has 3 aromatic carbocycles. The van der Waals surface area contributed by atoms with Crippen LogP contribution in [0.2, 0.25) is 5.02 Å². The number of fused-ring (bicyclic) bond motifs is 2. The highest BCUT2D eigenvalue weighted by Gasteiger charge is 2.32. The van der Waals surface area contributed by atoms with Crippen molar-refractivity contribution in [1.82, 2.24) is 0 Å². The zero-order valence-corrected chi connectivity index (χ0v) is 19.1. The van der Waals surface area contributed by atoms with Crippen molar-refractivity contribution < 1.29 is 19.0 Å². The van der Waals surface area contributed by atoms with E-state index in [0.717, 1.165) is 58.1 Å². The zero-order chi connectivity index (χ0) is 22.9. The third-order valence-electron chi connectivity index (χ3n) is 5.89. The maximum Gasteiger partial charge on any atom is 0.260 e. The van der Waals surface area contributed by atoms with Gasteiger partial charge in [0.05, 0.1) is 19.8 Å². The molecule has 0 spiro atoms. The van der Waals surface area contributed by atoms with Crippen LogP contribution in [0.4, 0.5) is 11.4 Å². The standard InChI is InChI=1S/C26H23ClN2O4/c1-31-19-6-3-15(23(13-19)32-2)9-10-28-18-5-7-20-16(11-18)14-33-25(20)24-21-12-17(27)4-8-22(21)29-26(24)30/h3-8,11-13,28H,9-10,14H2,1-2H3,(H,29,30). The van der Waals surface area contributed by atoms with Gasteiger partial charge >= 0.3 is 0 Å². The lowest BCUT2D eigenvalue weighted by Crippen LogP contribution is -2.07. The second kappa shape index (κ2) is 8.71. The van der Waals surface area contributed by atoms with Crippen LogP contribution in [0.3, 0.4) is 0 Å². The quantitative estimate of drug-likeness (QED) is 0.482. The largest absolute Gasteiger partial charge is 0.497 e. The molecule has 7 heteroatoms. The van der Waals surface area contributed by atoms with Gasteiger partial charge < -0.3 is 24.8 Å². The smallest absolute Gasteiger partial charge is 0.260 e. The summed E-state index contributed by atoms with van der Waals surface area (Å²) >= 11 is 6.17. The molecule has 0 aliphatic carbocycles. The van der Waals surface area contributed by atoms with Gasteiger partial charge in [-0.15, -0.1) is 0 Å². The number of ether oxygens (including phenoxy) is 3. The number of rotatable bonds is 6. The highest BCUT2D eigenvalue weighted by molar-refractivity contribution is 6.38. The molecule has 0 atom stereocenters. The molecule has 2 heterocycles. The van der Waals surface area contributed by atoms with Crippen LogP contribution >= 0.6 is 11.6 Å². The first kappa shape index (κ1) is 21.2. The number of carbonyl (C=O) groups excluding carboxylic acids is 1. The number of methoxy groups -OCH3 is 2. The fraction of sp³-hybridized carbons (Fsp3) is 0.192. The Balaban J connectivity index is 1.34. The van der Waals surface area contributed by atoms with Crippen LogP contribution in [0.25, 0.3) is 11.3 Å². The minimum atomic E-state index is -0.175. The molecule has 0 aromatic heterocycles. The highest BCUT2D eigenvalue weighted by Crippen LogP contribution is 2.42. The second-order valence-corrected chi connectivity index (χ2v) is 8.30. The van der Waals surface area contributed by atoms with Crippen LogP contribution in [0.1, 0.15) is 22.3 Å². The van der Waals surface area contributed by atoms with Crippen molar-refractivity contribution in [3.8, 4) is 11.5 Å². The Hall–Kier alpha value is -3.64. The van der Waals surface area contributed by atoms with Gasteiger partial charge in [-0.05, 0) is 54.4 Å². The average Bonchev–Trinajstić information content (AvgIpc) is 3.38. The van der Waals surface area contributed by atoms with Crippen molar-refractivity contribution in [2.24, 2.45) is 0 Å². The lowest BCUT2D eigenvalue weighted by Gasteiger charge is -2.12. The monoisotopic (exact) mass is 462 g/mol. The SMILES string of the molecule is COc1ccc(CCNc2ccc3c(c2)COC3=C2C(=O)Nc3ccc(Cl)cc32)c(OC)c1. The molecule has 2 aliphatic heterocycles. The number of hydrogen-bond donors (Lipinski definition) is 2. The highest BCUT2D eigenvalue weighted by atomic mass is 35.5. The maximum atomic E-state index is 12.7. The van der Waals surface area contributed by atoms with E-state index in [-0.39, 0.29) is 5.91 Å². The Labute approximate surface area is 197 Å². The minimum absolute atomic E-state index is 0.175. The molecule has 0 unspecified atom stereocenters. The van der Waals surface area contributed by atoms with Gasteiger partial charge in [0.1, 0.15) is 23.9 Å². The third kappa shape index (κ3) is 3.98. The molecule has 2 N–H and O–H groups in total. The molecular weight excluding hydrogens is 440 g/mol. The molecule has 0 bridgehead atoms. The summed E-state index contributed by atoms with van der Waals surface area (Å²) in [6.07, 6.45) is 0.799. The van der Waals surface area contributed by atoms with Gasteiger partial charge in [0.15, 0.2) is 0 Å². The number of nitrogens with one attached hydrogen (secondary N) is 2. The number of anilines is 2. The summed E-state index contributed by atoms with van der Waals surface area (Å²) in [6, 6.07) is 17.3. The van der Waals surface area contributed by atoms with Crippen LogP contribution in [-0.4, -0.2) is 26.7 Å². The number of benzene rings is 3. The third-order valence-corrected chi connectivity index (χ3v) is 6.13. The van der Waals surface area contributed by atoms with Crippen LogP contribution in [-0.2, 0) is 22.6 Å². The molecular formula is C26H23ClN2O4. The van der Waals surface area contributed by atoms with Gasteiger partial charge in [0, 0.05) is 45.7 Å². The molecule has 0 saturated heterocycles. The minimum Gasteiger partial charge on any atom is -0.497 e. The van der Waals surface area contributed by atoms with Crippen LogP contribution in [0, 0.1) is 0 Å². The summed E-state index contributed by atoms with van der Waals surface area (Å²) in [5.74, 6) is 2.00. The Kier molecular flexibility index (Phi) is 5.60. The Morgan fingerprint density at radius 1 is 1.03 bits per heavy atom. The van der Waals surface area contributed by atoms with Gasteiger partial charge in [-0.25, -0.2) is 0 Å². The Morgan fingerprint density at radius 2 is 1.91 bits per heavy atom. The molecule has 2 aliphatic rings. The molecule has 0 fully saturated rings. The zero-order valence-electron chi connectivity index (χ0n) is 18.3.